The zero-order valence-corrected chi connectivity index (χ0v) is 10.2. The molecule has 2 aromatic rings. The number of aliphatic carboxylic acids is 1. The summed E-state index contributed by atoms with van der Waals surface area (Å²) in [5.74, 6) is -1.07. The molecule has 4 nitrogen and oxygen atoms in total. The fourth-order valence-electron chi connectivity index (χ4n) is 2.64. The summed E-state index contributed by atoms with van der Waals surface area (Å²) in [5, 5.41) is 11.2. The minimum Gasteiger partial charge on any atom is -0.480 e. The van der Waals surface area contributed by atoms with Crippen LogP contribution in [0.5, 0.6) is 0 Å². The highest BCUT2D eigenvalue weighted by atomic mass is 16.4. The number of carboxylic acids is 1. The van der Waals surface area contributed by atoms with E-state index in [0.29, 0.717) is 18.5 Å². The highest BCUT2D eigenvalue weighted by molar-refractivity contribution is 6.08. The molecule has 0 bridgehead atoms. The second-order valence-electron chi connectivity index (χ2n) is 4.65. The first-order valence-electron chi connectivity index (χ1n) is 6.21. The summed E-state index contributed by atoms with van der Waals surface area (Å²) in [5.41, 5.74) is 0.688. The molecule has 4 heteroatoms. The van der Waals surface area contributed by atoms with Gasteiger partial charge in [-0.15, -0.1) is 0 Å². The number of carbonyl (C=O) groups excluding carboxylic acids is 1. The van der Waals surface area contributed by atoms with Crippen LogP contribution < -0.4 is 4.90 Å². The van der Waals surface area contributed by atoms with Crippen LogP contribution in [0.25, 0.3) is 10.8 Å². The average molecular weight is 255 g/mol. The van der Waals surface area contributed by atoms with Crippen LogP contribution in [0.15, 0.2) is 42.5 Å². The van der Waals surface area contributed by atoms with Crippen molar-refractivity contribution in [2.75, 3.05) is 4.90 Å². The summed E-state index contributed by atoms with van der Waals surface area (Å²) in [4.78, 5) is 24.7. The van der Waals surface area contributed by atoms with Crippen LogP contribution in [0.4, 0.5) is 5.69 Å². The molecule has 2 aromatic carbocycles. The van der Waals surface area contributed by atoms with Crippen LogP contribution in [0.3, 0.4) is 0 Å². The van der Waals surface area contributed by atoms with Gasteiger partial charge in [-0.3, -0.25) is 9.69 Å². The molecular formula is C15H13NO3. The first-order valence-corrected chi connectivity index (χ1v) is 6.21. The fourth-order valence-corrected chi connectivity index (χ4v) is 2.64. The van der Waals surface area contributed by atoms with Gasteiger partial charge in [-0.05, 0) is 17.9 Å². The number of hydrogen-bond acceptors (Lipinski definition) is 2. The van der Waals surface area contributed by atoms with Gasteiger partial charge in [0.2, 0.25) is 5.91 Å². The van der Waals surface area contributed by atoms with E-state index in [1.165, 1.54) is 4.90 Å². The number of hydrogen-bond donors (Lipinski definition) is 1. The first kappa shape index (κ1) is 11.7. The standard InChI is InChI=1S/C15H13NO3/c17-14-9-8-13(15(18)19)16(14)12-7-3-5-10-4-1-2-6-11(10)12/h1-7,13H,8-9H2,(H,18,19)/t13-/m0/s1. The third kappa shape index (κ3) is 1.85. The van der Waals surface area contributed by atoms with Gasteiger partial charge in [0, 0.05) is 11.8 Å². The SMILES string of the molecule is O=C(O)[C@@H]1CCC(=O)N1c1cccc2ccccc12. The van der Waals surface area contributed by atoms with Crippen molar-refractivity contribution in [2.24, 2.45) is 0 Å². The van der Waals surface area contributed by atoms with Gasteiger partial charge in [-0.25, -0.2) is 4.79 Å². The molecule has 1 atom stereocenters. The smallest absolute Gasteiger partial charge is 0.326 e. The maximum atomic E-state index is 12.0. The van der Waals surface area contributed by atoms with E-state index in [9.17, 15) is 14.7 Å². The van der Waals surface area contributed by atoms with Crippen molar-refractivity contribution < 1.29 is 14.7 Å². The third-order valence-corrected chi connectivity index (χ3v) is 3.52. The van der Waals surface area contributed by atoms with Crippen LogP contribution in [-0.4, -0.2) is 23.0 Å². The molecule has 0 saturated carbocycles. The molecule has 19 heavy (non-hydrogen) atoms. The molecule has 1 fully saturated rings. The lowest BCUT2D eigenvalue weighted by atomic mass is 10.1. The Hall–Kier alpha value is -2.36. The minimum atomic E-state index is -0.946. The molecule has 1 amide bonds. The molecule has 1 aliphatic rings. The Kier molecular flexibility index (Phi) is 2.71. The third-order valence-electron chi connectivity index (χ3n) is 3.52. The predicted octanol–water partition coefficient (Wildman–Crippen LogP) is 2.42. The Bertz CT molecular complexity index is 660. The molecular weight excluding hydrogens is 242 g/mol. The average Bonchev–Trinajstić information content (AvgIpc) is 2.80. The number of benzene rings is 2. The Morgan fingerprint density at radius 3 is 2.68 bits per heavy atom. The molecule has 96 valence electrons. The zero-order valence-electron chi connectivity index (χ0n) is 10.2. The van der Waals surface area contributed by atoms with Crippen LogP contribution in [0.2, 0.25) is 0 Å². The van der Waals surface area contributed by atoms with E-state index < -0.39 is 12.0 Å². The van der Waals surface area contributed by atoms with Gasteiger partial charge >= 0.3 is 5.97 Å². The van der Waals surface area contributed by atoms with Gasteiger partial charge in [-0.1, -0.05) is 36.4 Å². The van der Waals surface area contributed by atoms with Crippen molar-refractivity contribution in [3.05, 3.63) is 42.5 Å². The van der Waals surface area contributed by atoms with Crippen molar-refractivity contribution in [3.8, 4) is 0 Å². The second kappa shape index (κ2) is 4.39. The Morgan fingerprint density at radius 2 is 1.89 bits per heavy atom. The van der Waals surface area contributed by atoms with Gasteiger partial charge in [0.1, 0.15) is 6.04 Å². The summed E-state index contributed by atoms with van der Waals surface area (Å²) < 4.78 is 0. The van der Waals surface area contributed by atoms with Crippen LogP contribution >= 0.6 is 0 Å². The van der Waals surface area contributed by atoms with Gasteiger partial charge < -0.3 is 5.11 Å². The van der Waals surface area contributed by atoms with E-state index in [0.717, 1.165) is 10.8 Å². The summed E-state index contributed by atoms with van der Waals surface area (Å²) in [6.45, 7) is 0. The molecule has 0 unspecified atom stereocenters. The largest absolute Gasteiger partial charge is 0.480 e. The second-order valence-corrected chi connectivity index (χ2v) is 4.65. The number of nitrogens with zero attached hydrogens (tertiary/aromatic N) is 1. The Morgan fingerprint density at radius 1 is 1.16 bits per heavy atom. The van der Waals surface area contributed by atoms with Gasteiger partial charge in [-0.2, -0.15) is 0 Å². The first-order chi connectivity index (χ1) is 9.18. The molecule has 0 aromatic heterocycles. The number of anilines is 1. The molecule has 0 spiro atoms. The summed E-state index contributed by atoms with van der Waals surface area (Å²) >= 11 is 0. The van der Waals surface area contributed by atoms with Crippen LogP contribution in [0, 0.1) is 0 Å². The predicted molar refractivity (Wildman–Crippen MR) is 72.1 cm³/mol. The number of fused-ring (bicyclic) bond motifs is 1. The number of rotatable bonds is 2. The highest BCUT2D eigenvalue weighted by Gasteiger charge is 2.37. The summed E-state index contributed by atoms with van der Waals surface area (Å²) in [7, 11) is 0. The van der Waals surface area contributed by atoms with Crippen molar-refractivity contribution in [1.29, 1.82) is 0 Å². The van der Waals surface area contributed by atoms with E-state index in [-0.39, 0.29) is 5.91 Å². The van der Waals surface area contributed by atoms with Crippen LogP contribution in [-0.2, 0) is 9.59 Å². The minimum absolute atomic E-state index is 0.122. The molecule has 1 saturated heterocycles. The van der Waals surface area contributed by atoms with E-state index in [1.807, 2.05) is 42.5 Å². The van der Waals surface area contributed by atoms with E-state index >= 15 is 0 Å². The van der Waals surface area contributed by atoms with Gasteiger partial charge in [0.25, 0.3) is 0 Å². The van der Waals surface area contributed by atoms with Crippen molar-refractivity contribution in [1.82, 2.24) is 0 Å². The quantitative estimate of drug-likeness (QED) is 0.896. The Balaban J connectivity index is 2.18. The van der Waals surface area contributed by atoms with Gasteiger partial charge in [0.15, 0.2) is 0 Å². The van der Waals surface area contributed by atoms with E-state index in [1.54, 1.807) is 0 Å². The number of carbonyl (C=O) groups is 2. The molecule has 1 heterocycles. The van der Waals surface area contributed by atoms with Crippen molar-refractivity contribution in [2.45, 2.75) is 18.9 Å². The van der Waals surface area contributed by atoms with E-state index in [2.05, 4.69) is 0 Å². The van der Waals surface area contributed by atoms with E-state index in [4.69, 9.17) is 0 Å². The molecule has 0 aliphatic carbocycles. The highest BCUT2D eigenvalue weighted by Crippen LogP contribution is 2.32. The fraction of sp³-hybridized carbons (Fsp3) is 0.200. The normalized spacial score (nSPS) is 19.1. The van der Waals surface area contributed by atoms with Crippen LogP contribution in [0.1, 0.15) is 12.8 Å². The molecule has 0 radical (unpaired) electrons. The number of amides is 1. The zero-order chi connectivity index (χ0) is 13.4. The molecule has 1 N–H and O–H groups in total. The molecule has 3 rings (SSSR count). The maximum Gasteiger partial charge on any atom is 0.326 e. The molecule has 1 aliphatic heterocycles. The Labute approximate surface area is 110 Å². The van der Waals surface area contributed by atoms with Crippen molar-refractivity contribution >= 4 is 28.3 Å². The lowest BCUT2D eigenvalue weighted by Crippen LogP contribution is -2.38. The number of carboxylic acid groups (broad SMARTS) is 1. The lowest BCUT2D eigenvalue weighted by molar-refractivity contribution is -0.138. The topological polar surface area (TPSA) is 57.6 Å². The summed E-state index contributed by atoms with van der Waals surface area (Å²) in [6.07, 6.45) is 0.664. The summed E-state index contributed by atoms with van der Waals surface area (Å²) in [6, 6.07) is 12.5. The maximum absolute atomic E-state index is 12.0. The monoisotopic (exact) mass is 255 g/mol. The van der Waals surface area contributed by atoms with Crippen molar-refractivity contribution in [3.63, 3.8) is 0 Å². The van der Waals surface area contributed by atoms with Gasteiger partial charge in [0.05, 0.1) is 5.69 Å². The lowest BCUT2D eigenvalue weighted by Gasteiger charge is -2.23.